The maximum absolute atomic E-state index is 12.9. The quantitative estimate of drug-likeness (QED) is 0.804. The number of piperidine rings is 1. The normalized spacial score (nSPS) is 20.4. The zero-order valence-electron chi connectivity index (χ0n) is 15.9. The molecule has 3 rings (SSSR count). The average Bonchev–Trinajstić information content (AvgIpc) is 2.67. The summed E-state index contributed by atoms with van der Waals surface area (Å²) in [5, 5.41) is 0. The van der Waals surface area contributed by atoms with Gasteiger partial charge in [-0.3, -0.25) is 14.7 Å². The van der Waals surface area contributed by atoms with Crippen LogP contribution in [0.15, 0.2) is 18.3 Å². The fourth-order valence-electron chi connectivity index (χ4n) is 3.87. The molecule has 2 aliphatic heterocycles. The number of alkyl halides is 3. The van der Waals surface area contributed by atoms with Crippen molar-refractivity contribution in [1.29, 1.82) is 0 Å². The summed E-state index contributed by atoms with van der Waals surface area (Å²) >= 11 is 0. The first kappa shape index (κ1) is 19.9. The molecule has 0 bridgehead atoms. The minimum absolute atomic E-state index is 0.0317. The second-order valence-corrected chi connectivity index (χ2v) is 7.61. The number of aromatic nitrogens is 1. The van der Waals surface area contributed by atoms with Crippen LogP contribution in [0.3, 0.4) is 0 Å². The van der Waals surface area contributed by atoms with Gasteiger partial charge in [-0.05, 0) is 38.8 Å². The molecule has 0 aromatic carbocycles. The van der Waals surface area contributed by atoms with Gasteiger partial charge in [-0.2, -0.15) is 13.2 Å². The molecule has 8 heteroatoms. The Hall–Kier alpha value is -1.83. The average molecular weight is 384 g/mol. The zero-order valence-corrected chi connectivity index (χ0v) is 15.9. The van der Waals surface area contributed by atoms with Gasteiger partial charge in [0.25, 0.3) is 0 Å². The lowest BCUT2D eigenvalue weighted by Gasteiger charge is -2.40. The molecule has 2 aliphatic rings. The number of rotatable bonds is 3. The van der Waals surface area contributed by atoms with Crippen LogP contribution in [0.5, 0.6) is 0 Å². The number of piperazine rings is 1. The SMILES string of the molecule is CC(C)N1CCN(C(=O)C2CCN(c3ccnc(C(F)(F)F)c3)CC2)CC1. The molecule has 3 heterocycles. The van der Waals surface area contributed by atoms with E-state index in [9.17, 15) is 18.0 Å². The van der Waals surface area contributed by atoms with Gasteiger partial charge in [0.15, 0.2) is 0 Å². The summed E-state index contributed by atoms with van der Waals surface area (Å²) in [6.07, 6.45) is -1.90. The summed E-state index contributed by atoms with van der Waals surface area (Å²) in [7, 11) is 0. The molecule has 27 heavy (non-hydrogen) atoms. The molecule has 1 amide bonds. The first-order valence-corrected chi connectivity index (χ1v) is 9.56. The summed E-state index contributed by atoms with van der Waals surface area (Å²) < 4.78 is 38.6. The van der Waals surface area contributed by atoms with Gasteiger partial charge in [-0.25, -0.2) is 0 Å². The number of carbonyl (C=O) groups is 1. The van der Waals surface area contributed by atoms with E-state index in [4.69, 9.17) is 0 Å². The van der Waals surface area contributed by atoms with Crippen LogP contribution in [-0.4, -0.2) is 66.0 Å². The second-order valence-electron chi connectivity index (χ2n) is 7.61. The van der Waals surface area contributed by atoms with Gasteiger partial charge in [0.1, 0.15) is 5.69 Å². The molecule has 5 nitrogen and oxygen atoms in total. The molecular weight excluding hydrogens is 357 g/mol. The molecule has 0 saturated carbocycles. The number of pyridine rings is 1. The number of carbonyl (C=O) groups excluding carboxylic acids is 1. The van der Waals surface area contributed by atoms with E-state index in [0.29, 0.717) is 37.7 Å². The third-order valence-electron chi connectivity index (χ3n) is 5.60. The van der Waals surface area contributed by atoms with Crippen molar-refractivity contribution in [1.82, 2.24) is 14.8 Å². The highest BCUT2D eigenvalue weighted by Gasteiger charge is 2.34. The molecule has 2 fully saturated rings. The summed E-state index contributed by atoms with van der Waals surface area (Å²) in [5.41, 5.74) is -0.352. The minimum atomic E-state index is -4.44. The van der Waals surface area contributed by atoms with Crippen LogP contribution < -0.4 is 4.90 Å². The van der Waals surface area contributed by atoms with E-state index in [2.05, 4.69) is 23.7 Å². The van der Waals surface area contributed by atoms with Crippen LogP contribution in [0.4, 0.5) is 18.9 Å². The number of halogens is 3. The van der Waals surface area contributed by atoms with Crippen LogP contribution in [0.1, 0.15) is 32.4 Å². The van der Waals surface area contributed by atoms with E-state index in [-0.39, 0.29) is 11.8 Å². The summed E-state index contributed by atoms with van der Waals surface area (Å²) in [4.78, 5) is 22.4. The van der Waals surface area contributed by atoms with Crippen LogP contribution in [0.25, 0.3) is 0 Å². The van der Waals surface area contributed by atoms with E-state index in [0.717, 1.165) is 32.2 Å². The number of amides is 1. The van der Waals surface area contributed by atoms with Crippen molar-refractivity contribution in [2.45, 2.75) is 38.9 Å². The van der Waals surface area contributed by atoms with Crippen LogP contribution in [0.2, 0.25) is 0 Å². The smallest absolute Gasteiger partial charge is 0.371 e. The third-order valence-corrected chi connectivity index (χ3v) is 5.60. The Bertz CT molecular complexity index is 649. The van der Waals surface area contributed by atoms with Gasteiger partial charge < -0.3 is 9.80 Å². The fraction of sp³-hybridized carbons (Fsp3) is 0.684. The highest BCUT2D eigenvalue weighted by molar-refractivity contribution is 5.79. The van der Waals surface area contributed by atoms with Gasteiger partial charge in [-0.15, -0.1) is 0 Å². The second kappa shape index (κ2) is 8.04. The molecule has 0 unspecified atom stereocenters. The van der Waals surface area contributed by atoms with E-state index < -0.39 is 11.9 Å². The first-order valence-electron chi connectivity index (χ1n) is 9.56. The monoisotopic (exact) mass is 384 g/mol. The molecule has 0 N–H and O–H groups in total. The van der Waals surface area contributed by atoms with Gasteiger partial charge in [0, 0.05) is 63.1 Å². The predicted octanol–water partition coefficient (Wildman–Crippen LogP) is 2.87. The van der Waals surface area contributed by atoms with Gasteiger partial charge in [0.2, 0.25) is 5.91 Å². The predicted molar refractivity (Wildman–Crippen MR) is 97.5 cm³/mol. The Morgan fingerprint density at radius 1 is 1.11 bits per heavy atom. The minimum Gasteiger partial charge on any atom is -0.371 e. The van der Waals surface area contributed by atoms with Gasteiger partial charge in [0.05, 0.1) is 0 Å². The molecule has 150 valence electrons. The van der Waals surface area contributed by atoms with Crippen molar-refractivity contribution in [2.75, 3.05) is 44.2 Å². The topological polar surface area (TPSA) is 39.7 Å². The van der Waals surface area contributed by atoms with E-state index in [1.807, 2.05) is 9.80 Å². The summed E-state index contributed by atoms with van der Waals surface area (Å²) in [6.45, 7) is 8.83. The Morgan fingerprint density at radius 3 is 2.30 bits per heavy atom. The molecule has 2 saturated heterocycles. The largest absolute Gasteiger partial charge is 0.433 e. The maximum Gasteiger partial charge on any atom is 0.433 e. The standard InChI is InChI=1S/C19H27F3N4O/c1-14(2)24-9-11-26(12-10-24)18(27)15-4-7-25(8-5-15)16-3-6-23-17(13-16)19(20,21)22/h3,6,13-15H,4-5,7-12H2,1-2H3. The summed E-state index contributed by atoms with van der Waals surface area (Å²) in [6, 6.07) is 3.18. The lowest BCUT2D eigenvalue weighted by Crippen LogP contribution is -2.53. The zero-order chi connectivity index (χ0) is 19.6. The number of hydrogen-bond donors (Lipinski definition) is 0. The van der Waals surface area contributed by atoms with Crippen LogP contribution in [-0.2, 0) is 11.0 Å². The van der Waals surface area contributed by atoms with Crippen molar-refractivity contribution in [3.05, 3.63) is 24.0 Å². The highest BCUT2D eigenvalue weighted by atomic mass is 19.4. The first-order chi connectivity index (χ1) is 12.8. The van der Waals surface area contributed by atoms with Crippen molar-refractivity contribution in [3.8, 4) is 0 Å². The number of anilines is 1. The van der Waals surface area contributed by atoms with E-state index in [1.165, 1.54) is 6.20 Å². The highest BCUT2D eigenvalue weighted by Crippen LogP contribution is 2.31. The fourth-order valence-corrected chi connectivity index (χ4v) is 3.87. The third kappa shape index (κ3) is 4.72. The van der Waals surface area contributed by atoms with Crippen LogP contribution in [0, 0.1) is 5.92 Å². The van der Waals surface area contributed by atoms with E-state index >= 15 is 0 Å². The van der Waals surface area contributed by atoms with Gasteiger partial charge in [-0.1, -0.05) is 0 Å². The lowest BCUT2D eigenvalue weighted by atomic mass is 9.94. The maximum atomic E-state index is 12.9. The van der Waals surface area contributed by atoms with E-state index in [1.54, 1.807) is 6.07 Å². The molecule has 0 spiro atoms. The Morgan fingerprint density at radius 2 is 1.74 bits per heavy atom. The summed E-state index contributed by atoms with van der Waals surface area (Å²) in [5.74, 6) is 0.166. The molecular formula is C19H27F3N4O. The molecule has 0 radical (unpaired) electrons. The number of nitrogens with zero attached hydrogens (tertiary/aromatic N) is 4. The van der Waals surface area contributed by atoms with Crippen molar-refractivity contribution in [2.24, 2.45) is 5.92 Å². The Labute approximate surface area is 158 Å². The lowest BCUT2D eigenvalue weighted by molar-refractivity contribution is -0.141. The number of hydrogen-bond acceptors (Lipinski definition) is 4. The molecule has 1 aromatic heterocycles. The Kier molecular flexibility index (Phi) is 5.93. The van der Waals surface area contributed by atoms with Crippen LogP contribution >= 0.6 is 0 Å². The van der Waals surface area contributed by atoms with Crippen molar-refractivity contribution in [3.63, 3.8) is 0 Å². The van der Waals surface area contributed by atoms with Gasteiger partial charge >= 0.3 is 6.18 Å². The molecule has 1 aromatic rings. The Balaban J connectivity index is 1.54. The molecule has 0 atom stereocenters. The van der Waals surface area contributed by atoms with Crippen molar-refractivity contribution < 1.29 is 18.0 Å². The van der Waals surface area contributed by atoms with Crippen molar-refractivity contribution >= 4 is 11.6 Å². The molecule has 0 aliphatic carbocycles.